The fourth-order valence-electron chi connectivity index (χ4n) is 3.12. The molecule has 0 aliphatic heterocycles. The molecule has 152 valence electrons. The summed E-state index contributed by atoms with van der Waals surface area (Å²) in [6.07, 6.45) is -3.55. The molecule has 0 aliphatic carbocycles. The van der Waals surface area contributed by atoms with Gasteiger partial charge in [0.2, 0.25) is 0 Å². The average Bonchev–Trinajstić information content (AvgIpc) is 2.72. The minimum absolute atomic E-state index is 0.450. The zero-order valence-electron chi connectivity index (χ0n) is 16.1. The first-order chi connectivity index (χ1) is 14.0. The molecular weight excluding hydrogens is 375 g/mol. The minimum Gasteiger partial charge on any atom is -0.494 e. The largest absolute Gasteiger partial charge is 0.494 e. The van der Waals surface area contributed by atoms with E-state index in [0.717, 1.165) is 38.2 Å². The van der Waals surface area contributed by atoms with Gasteiger partial charge in [-0.05, 0) is 41.8 Å². The fourth-order valence-corrected chi connectivity index (χ4v) is 3.12. The summed E-state index contributed by atoms with van der Waals surface area (Å²) in [5.74, 6) is 0.454. The summed E-state index contributed by atoms with van der Waals surface area (Å²) in [6.45, 7) is 2.93. The van der Waals surface area contributed by atoms with Gasteiger partial charge in [0.1, 0.15) is 5.75 Å². The minimum atomic E-state index is -4.33. The van der Waals surface area contributed by atoms with Crippen LogP contribution in [0.4, 0.5) is 13.2 Å². The molecule has 29 heavy (non-hydrogen) atoms. The van der Waals surface area contributed by atoms with Gasteiger partial charge in [0.25, 0.3) is 0 Å². The van der Waals surface area contributed by atoms with Crippen molar-refractivity contribution in [1.29, 1.82) is 0 Å². The molecule has 5 heteroatoms. The normalized spacial score (nSPS) is 11.6. The van der Waals surface area contributed by atoms with Gasteiger partial charge in [-0.2, -0.15) is 13.2 Å². The molecule has 0 bridgehead atoms. The van der Waals surface area contributed by atoms with Crippen molar-refractivity contribution in [3.8, 4) is 5.75 Å². The van der Waals surface area contributed by atoms with Crippen LogP contribution < -0.4 is 4.74 Å². The molecular formula is C24H24F3NO. The zero-order chi connectivity index (χ0) is 20.5. The molecule has 0 unspecified atom stereocenters. The van der Waals surface area contributed by atoms with Crippen molar-refractivity contribution in [2.45, 2.75) is 25.7 Å². The van der Waals surface area contributed by atoms with Gasteiger partial charge in [0.05, 0.1) is 12.2 Å². The lowest BCUT2D eigenvalue weighted by Gasteiger charge is -2.23. The maximum Gasteiger partial charge on any atom is 0.416 e. The molecule has 3 rings (SSSR count). The van der Waals surface area contributed by atoms with E-state index in [4.69, 9.17) is 4.74 Å². The lowest BCUT2D eigenvalue weighted by molar-refractivity contribution is -0.137. The van der Waals surface area contributed by atoms with Crippen LogP contribution in [0.2, 0.25) is 0 Å². The quantitative estimate of drug-likeness (QED) is 0.399. The highest BCUT2D eigenvalue weighted by Crippen LogP contribution is 2.30. The van der Waals surface area contributed by atoms with E-state index in [-0.39, 0.29) is 0 Å². The van der Waals surface area contributed by atoms with Gasteiger partial charge in [-0.3, -0.25) is 4.90 Å². The highest BCUT2D eigenvalue weighted by Gasteiger charge is 2.29. The Morgan fingerprint density at radius 3 is 1.69 bits per heavy atom. The van der Waals surface area contributed by atoms with Crippen molar-refractivity contribution in [3.05, 3.63) is 102 Å². The summed E-state index contributed by atoms with van der Waals surface area (Å²) >= 11 is 0. The SMILES string of the molecule is FC(F)(F)c1ccc(OCCCN(Cc2ccccc2)Cc2ccccc2)cc1. The monoisotopic (exact) mass is 399 g/mol. The molecule has 0 saturated carbocycles. The lowest BCUT2D eigenvalue weighted by atomic mass is 10.1. The van der Waals surface area contributed by atoms with Crippen molar-refractivity contribution < 1.29 is 17.9 Å². The predicted molar refractivity (Wildman–Crippen MR) is 109 cm³/mol. The summed E-state index contributed by atoms with van der Waals surface area (Å²) in [5.41, 5.74) is 1.82. The van der Waals surface area contributed by atoms with E-state index >= 15 is 0 Å². The van der Waals surface area contributed by atoms with Crippen LogP contribution in [-0.2, 0) is 19.3 Å². The number of halogens is 3. The molecule has 0 saturated heterocycles. The summed E-state index contributed by atoms with van der Waals surface area (Å²) in [4.78, 5) is 2.35. The van der Waals surface area contributed by atoms with E-state index in [9.17, 15) is 13.2 Å². The third-order valence-electron chi connectivity index (χ3n) is 4.57. The van der Waals surface area contributed by atoms with Crippen LogP contribution in [0.1, 0.15) is 23.1 Å². The molecule has 0 aliphatic rings. The number of nitrogens with zero attached hydrogens (tertiary/aromatic N) is 1. The van der Waals surface area contributed by atoms with E-state index in [1.54, 1.807) is 0 Å². The van der Waals surface area contributed by atoms with Crippen LogP contribution in [0.15, 0.2) is 84.9 Å². The molecule has 2 nitrogen and oxygen atoms in total. The van der Waals surface area contributed by atoms with E-state index in [1.165, 1.54) is 23.3 Å². The van der Waals surface area contributed by atoms with Crippen LogP contribution in [0.3, 0.4) is 0 Å². The molecule has 0 N–H and O–H groups in total. The molecule has 3 aromatic carbocycles. The second-order valence-corrected chi connectivity index (χ2v) is 6.91. The van der Waals surface area contributed by atoms with Crippen LogP contribution in [0, 0.1) is 0 Å². The van der Waals surface area contributed by atoms with E-state index in [1.807, 2.05) is 36.4 Å². The van der Waals surface area contributed by atoms with Crippen molar-refractivity contribution in [2.24, 2.45) is 0 Å². The van der Waals surface area contributed by atoms with Gasteiger partial charge in [-0.1, -0.05) is 60.7 Å². The third-order valence-corrected chi connectivity index (χ3v) is 4.57. The van der Waals surface area contributed by atoms with Gasteiger partial charge < -0.3 is 4.74 Å². The molecule has 0 spiro atoms. The lowest BCUT2D eigenvalue weighted by Crippen LogP contribution is -2.25. The van der Waals surface area contributed by atoms with Gasteiger partial charge in [0.15, 0.2) is 0 Å². The Morgan fingerprint density at radius 1 is 0.690 bits per heavy atom. The number of ether oxygens (including phenoxy) is 1. The molecule has 0 radical (unpaired) electrons. The van der Waals surface area contributed by atoms with Crippen molar-refractivity contribution >= 4 is 0 Å². The first kappa shape index (κ1) is 20.9. The third kappa shape index (κ3) is 6.95. The number of alkyl halides is 3. The highest BCUT2D eigenvalue weighted by atomic mass is 19.4. The van der Waals surface area contributed by atoms with Crippen LogP contribution in [0.25, 0.3) is 0 Å². The number of hydrogen-bond acceptors (Lipinski definition) is 2. The van der Waals surface area contributed by atoms with Crippen molar-refractivity contribution in [2.75, 3.05) is 13.2 Å². The second kappa shape index (κ2) is 10.1. The fraction of sp³-hybridized carbons (Fsp3) is 0.250. The van der Waals surface area contributed by atoms with Gasteiger partial charge in [0, 0.05) is 19.6 Å². The maximum atomic E-state index is 12.6. The standard InChI is InChI=1S/C24H24F3NO/c25-24(26,27)22-12-14-23(15-13-22)29-17-7-16-28(18-20-8-3-1-4-9-20)19-21-10-5-2-6-11-21/h1-6,8-15H,7,16-19H2. The Morgan fingerprint density at radius 2 is 1.21 bits per heavy atom. The zero-order valence-corrected chi connectivity index (χ0v) is 16.1. The Labute approximate surface area is 169 Å². The van der Waals surface area contributed by atoms with Crippen LogP contribution in [-0.4, -0.2) is 18.1 Å². The first-order valence-corrected chi connectivity index (χ1v) is 9.61. The van der Waals surface area contributed by atoms with E-state index in [2.05, 4.69) is 29.2 Å². The molecule has 0 atom stereocenters. The Bertz CT molecular complexity index is 807. The molecule has 3 aromatic rings. The molecule has 0 aromatic heterocycles. The molecule has 0 amide bonds. The number of benzene rings is 3. The van der Waals surface area contributed by atoms with Crippen LogP contribution in [0.5, 0.6) is 5.75 Å². The van der Waals surface area contributed by atoms with Gasteiger partial charge >= 0.3 is 6.18 Å². The summed E-state index contributed by atoms with van der Waals surface area (Å²) in [7, 11) is 0. The van der Waals surface area contributed by atoms with E-state index in [0.29, 0.717) is 12.4 Å². The number of rotatable bonds is 9. The Hall–Kier alpha value is -2.79. The summed E-state index contributed by atoms with van der Waals surface area (Å²) < 4.78 is 43.5. The summed E-state index contributed by atoms with van der Waals surface area (Å²) in [6, 6.07) is 25.4. The van der Waals surface area contributed by atoms with Crippen molar-refractivity contribution in [1.82, 2.24) is 4.90 Å². The Balaban J connectivity index is 1.52. The molecule has 0 heterocycles. The highest BCUT2D eigenvalue weighted by molar-refractivity contribution is 5.28. The van der Waals surface area contributed by atoms with Crippen molar-refractivity contribution in [3.63, 3.8) is 0 Å². The van der Waals surface area contributed by atoms with Gasteiger partial charge in [-0.15, -0.1) is 0 Å². The Kier molecular flexibility index (Phi) is 7.30. The predicted octanol–water partition coefficient (Wildman–Crippen LogP) is 6.18. The van der Waals surface area contributed by atoms with E-state index < -0.39 is 11.7 Å². The molecule has 0 fully saturated rings. The first-order valence-electron chi connectivity index (χ1n) is 9.61. The smallest absolute Gasteiger partial charge is 0.416 e. The average molecular weight is 399 g/mol. The summed E-state index contributed by atoms with van der Waals surface area (Å²) in [5, 5.41) is 0. The van der Waals surface area contributed by atoms with Gasteiger partial charge in [-0.25, -0.2) is 0 Å². The maximum absolute atomic E-state index is 12.6. The second-order valence-electron chi connectivity index (χ2n) is 6.91. The number of hydrogen-bond donors (Lipinski definition) is 0. The van der Waals surface area contributed by atoms with Crippen LogP contribution >= 0.6 is 0 Å². The topological polar surface area (TPSA) is 12.5 Å².